The number of carbonyl (C=O) groups excluding carboxylic acids is 1. The molecule has 7 heteroatoms. The van der Waals surface area contributed by atoms with Gasteiger partial charge in [0.1, 0.15) is 23.0 Å². The zero-order chi connectivity index (χ0) is 22.4. The highest BCUT2D eigenvalue weighted by Gasteiger charge is 2.43. The highest BCUT2D eigenvalue weighted by molar-refractivity contribution is 6.10. The molecule has 160 valence electrons. The normalized spacial score (nSPS) is 15.3. The molecule has 0 spiro atoms. The fourth-order valence-electron chi connectivity index (χ4n) is 4.04. The van der Waals surface area contributed by atoms with Gasteiger partial charge in [0.2, 0.25) is 5.76 Å². The van der Waals surface area contributed by atoms with Crippen molar-refractivity contribution in [3.05, 3.63) is 105 Å². The van der Waals surface area contributed by atoms with Crippen molar-refractivity contribution in [2.45, 2.75) is 13.0 Å². The Bertz CT molecular complexity index is 1390. The number of fused-ring (bicyclic) bond motifs is 2. The van der Waals surface area contributed by atoms with Crippen LogP contribution in [-0.2, 0) is 0 Å². The van der Waals surface area contributed by atoms with Crippen molar-refractivity contribution in [3.8, 4) is 5.75 Å². The minimum Gasteiger partial charge on any atom is -0.494 e. The Hall–Kier alpha value is -4.00. The van der Waals surface area contributed by atoms with Crippen LogP contribution in [0, 0.1) is 11.6 Å². The molecule has 1 aliphatic rings. The SMILES string of the molecule is CCOc1ccc(N2C(=O)c3oc4ccc(F)cc4c(=O)c3C2c2ccc(F)cc2)cc1. The van der Waals surface area contributed by atoms with Crippen LogP contribution in [0.25, 0.3) is 11.0 Å². The largest absolute Gasteiger partial charge is 0.494 e. The Labute approximate surface area is 181 Å². The number of rotatable bonds is 4. The summed E-state index contributed by atoms with van der Waals surface area (Å²) in [5.74, 6) is -1.03. The molecule has 4 aromatic rings. The minimum absolute atomic E-state index is 0.0391. The summed E-state index contributed by atoms with van der Waals surface area (Å²) in [6.45, 7) is 2.36. The average molecular weight is 433 g/mol. The van der Waals surface area contributed by atoms with Crippen LogP contribution < -0.4 is 15.1 Å². The first-order valence-electron chi connectivity index (χ1n) is 10.1. The standard InChI is InChI=1S/C25H17F2NO4/c1-2-31-18-10-8-17(9-11-18)28-22(14-3-5-15(26)6-4-14)21-23(29)19-13-16(27)7-12-20(19)32-24(21)25(28)30/h3-13,22H,2H2,1H3. The fraction of sp³-hybridized carbons (Fsp3) is 0.120. The molecule has 1 amide bonds. The van der Waals surface area contributed by atoms with Gasteiger partial charge in [-0.25, -0.2) is 8.78 Å². The molecule has 1 unspecified atom stereocenters. The second-order valence-corrected chi connectivity index (χ2v) is 7.37. The number of halogens is 2. The number of carbonyl (C=O) groups is 1. The van der Waals surface area contributed by atoms with Crippen molar-refractivity contribution in [1.29, 1.82) is 0 Å². The first-order chi connectivity index (χ1) is 15.5. The van der Waals surface area contributed by atoms with Gasteiger partial charge >= 0.3 is 0 Å². The van der Waals surface area contributed by atoms with E-state index in [1.165, 1.54) is 41.3 Å². The lowest BCUT2D eigenvalue weighted by atomic mass is 9.98. The maximum absolute atomic E-state index is 13.8. The Kier molecular flexibility index (Phi) is 4.74. The molecular weight excluding hydrogens is 416 g/mol. The number of hydrogen-bond donors (Lipinski definition) is 0. The molecule has 0 bridgehead atoms. The third-order valence-electron chi connectivity index (χ3n) is 5.44. The zero-order valence-corrected chi connectivity index (χ0v) is 17.0. The van der Waals surface area contributed by atoms with Crippen molar-refractivity contribution < 1.29 is 22.7 Å². The van der Waals surface area contributed by atoms with E-state index in [9.17, 15) is 18.4 Å². The molecule has 0 fully saturated rings. The van der Waals surface area contributed by atoms with E-state index >= 15 is 0 Å². The second-order valence-electron chi connectivity index (χ2n) is 7.37. The van der Waals surface area contributed by atoms with Gasteiger partial charge in [-0.05, 0) is 67.1 Å². The molecule has 5 rings (SSSR count). The van der Waals surface area contributed by atoms with Crippen molar-refractivity contribution in [1.82, 2.24) is 0 Å². The number of benzene rings is 3. The fourth-order valence-corrected chi connectivity index (χ4v) is 4.04. The molecule has 0 aliphatic carbocycles. The molecule has 1 aliphatic heterocycles. The first-order valence-corrected chi connectivity index (χ1v) is 10.1. The van der Waals surface area contributed by atoms with E-state index in [2.05, 4.69) is 0 Å². The van der Waals surface area contributed by atoms with E-state index in [1.807, 2.05) is 6.92 Å². The molecule has 0 saturated heterocycles. The van der Waals surface area contributed by atoms with Gasteiger partial charge in [0.05, 0.1) is 23.6 Å². The van der Waals surface area contributed by atoms with Crippen LogP contribution in [0.3, 0.4) is 0 Å². The van der Waals surface area contributed by atoms with Crippen LogP contribution in [0.5, 0.6) is 5.75 Å². The van der Waals surface area contributed by atoms with Crippen LogP contribution in [0.2, 0.25) is 0 Å². The van der Waals surface area contributed by atoms with Crippen molar-refractivity contribution >= 4 is 22.6 Å². The smallest absolute Gasteiger partial charge is 0.295 e. The Morgan fingerprint density at radius 1 is 0.938 bits per heavy atom. The van der Waals surface area contributed by atoms with E-state index in [1.54, 1.807) is 24.3 Å². The molecule has 5 nitrogen and oxygen atoms in total. The van der Waals surface area contributed by atoms with Crippen LogP contribution in [0.4, 0.5) is 14.5 Å². The maximum Gasteiger partial charge on any atom is 0.295 e. The van der Waals surface area contributed by atoms with Crippen LogP contribution in [-0.4, -0.2) is 12.5 Å². The summed E-state index contributed by atoms with van der Waals surface area (Å²) in [5.41, 5.74) is 0.740. The number of ether oxygens (including phenoxy) is 1. The van der Waals surface area contributed by atoms with Crippen molar-refractivity contribution in [2.24, 2.45) is 0 Å². The quantitative estimate of drug-likeness (QED) is 0.443. The van der Waals surface area contributed by atoms with Gasteiger partial charge in [-0.1, -0.05) is 12.1 Å². The average Bonchev–Trinajstić information content (AvgIpc) is 3.08. The number of nitrogens with zero attached hydrogens (tertiary/aromatic N) is 1. The number of hydrogen-bond acceptors (Lipinski definition) is 4. The highest BCUT2D eigenvalue weighted by Crippen LogP contribution is 2.41. The Morgan fingerprint density at radius 2 is 1.62 bits per heavy atom. The molecule has 1 aromatic heterocycles. The van der Waals surface area contributed by atoms with E-state index < -0.39 is 29.0 Å². The Morgan fingerprint density at radius 3 is 2.31 bits per heavy atom. The van der Waals surface area contributed by atoms with Gasteiger partial charge in [0.15, 0.2) is 5.43 Å². The molecule has 0 N–H and O–H groups in total. The number of amides is 1. The van der Waals surface area contributed by atoms with Gasteiger partial charge in [-0.3, -0.25) is 14.5 Å². The van der Waals surface area contributed by atoms with Crippen LogP contribution >= 0.6 is 0 Å². The molecule has 1 atom stereocenters. The molecule has 2 heterocycles. The predicted molar refractivity (Wildman–Crippen MR) is 115 cm³/mol. The summed E-state index contributed by atoms with van der Waals surface area (Å²) in [6, 6.07) is 15.1. The minimum atomic E-state index is -0.861. The summed E-state index contributed by atoms with van der Waals surface area (Å²) in [5, 5.41) is 0.0391. The lowest BCUT2D eigenvalue weighted by molar-refractivity contribution is 0.0971. The van der Waals surface area contributed by atoms with Crippen LogP contribution in [0.1, 0.15) is 34.6 Å². The van der Waals surface area contributed by atoms with Gasteiger partial charge < -0.3 is 9.15 Å². The first kappa shape index (κ1) is 19.9. The van der Waals surface area contributed by atoms with Gasteiger partial charge in [-0.2, -0.15) is 0 Å². The Balaban J connectivity index is 1.75. The zero-order valence-electron chi connectivity index (χ0n) is 17.0. The van der Waals surface area contributed by atoms with Gasteiger partial charge in [-0.15, -0.1) is 0 Å². The third kappa shape index (κ3) is 3.13. The highest BCUT2D eigenvalue weighted by atomic mass is 19.1. The molecule has 0 radical (unpaired) electrons. The molecule has 3 aromatic carbocycles. The lowest BCUT2D eigenvalue weighted by Crippen LogP contribution is -2.29. The number of anilines is 1. The lowest BCUT2D eigenvalue weighted by Gasteiger charge is -2.25. The predicted octanol–water partition coefficient (Wildman–Crippen LogP) is 5.22. The van der Waals surface area contributed by atoms with Gasteiger partial charge in [0.25, 0.3) is 5.91 Å². The maximum atomic E-state index is 13.8. The van der Waals surface area contributed by atoms with Crippen molar-refractivity contribution in [3.63, 3.8) is 0 Å². The van der Waals surface area contributed by atoms with E-state index in [0.29, 0.717) is 23.6 Å². The summed E-state index contributed by atoms with van der Waals surface area (Å²) >= 11 is 0. The second kappa shape index (κ2) is 7.60. The van der Waals surface area contributed by atoms with E-state index in [0.717, 1.165) is 6.07 Å². The van der Waals surface area contributed by atoms with Crippen molar-refractivity contribution in [2.75, 3.05) is 11.5 Å². The van der Waals surface area contributed by atoms with E-state index in [4.69, 9.17) is 9.15 Å². The summed E-state index contributed by atoms with van der Waals surface area (Å²) in [6.07, 6.45) is 0. The topological polar surface area (TPSA) is 59.8 Å². The molecular formula is C25H17F2NO4. The summed E-state index contributed by atoms with van der Waals surface area (Å²) < 4.78 is 38.7. The third-order valence-corrected chi connectivity index (χ3v) is 5.44. The van der Waals surface area contributed by atoms with Crippen LogP contribution in [0.15, 0.2) is 75.9 Å². The summed E-state index contributed by atoms with van der Waals surface area (Å²) in [7, 11) is 0. The monoisotopic (exact) mass is 433 g/mol. The summed E-state index contributed by atoms with van der Waals surface area (Å²) in [4.78, 5) is 28.2. The molecule has 0 saturated carbocycles. The van der Waals surface area contributed by atoms with E-state index in [-0.39, 0.29) is 22.3 Å². The van der Waals surface area contributed by atoms with Gasteiger partial charge in [0, 0.05) is 5.69 Å². The molecule has 32 heavy (non-hydrogen) atoms.